The lowest BCUT2D eigenvalue weighted by molar-refractivity contribution is -0.274. The minimum atomic E-state index is -4.93. The summed E-state index contributed by atoms with van der Waals surface area (Å²) in [7, 11) is 0. The highest BCUT2D eigenvalue weighted by Crippen LogP contribution is 2.44. The van der Waals surface area contributed by atoms with Gasteiger partial charge in [-0.2, -0.15) is 5.10 Å². The molecule has 0 amide bonds. The van der Waals surface area contributed by atoms with Gasteiger partial charge in [-0.1, -0.05) is 97.1 Å². The van der Waals surface area contributed by atoms with Gasteiger partial charge in [0.1, 0.15) is 17.1 Å². The van der Waals surface area contributed by atoms with Gasteiger partial charge in [-0.05, 0) is 52.6 Å². The van der Waals surface area contributed by atoms with E-state index in [1.165, 1.54) is 0 Å². The zero-order valence-corrected chi connectivity index (χ0v) is 21.9. The van der Waals surface area contributed by atoms with E-state index in [9.17, 15) is 22.8 Å². The first kappa shape index (κ1) is 27.0. The summed E-state index contributed by atoms with van der Waals surface area (Å²) in [6.45, 7) is 0. The number of halogens is 4. The number of nitrogens with zero attached hydrogens (tertiary/aromatic N) is 2. The van der Waals surface area contributed by atoms with Crippen LogP contribution in [0.2, 0.25) is 0 Å². The SMILES string of the molecule is ONc1nn(C(c2ccccc2)(c2ccccc2)c2ccccc2)c2ccc(-c3cc(OC(F)(F)F)ccc3F)cc12. The van der Waals surface area contributed by atoms with Crippen molar-refractivity contribution in [2.45, 2.75) is 11.9 Å². The van der Waals surface area contributed by atoms with E-state index in [0.717, 1.165) is 34.9 Å². The Morgan fingerprint density at radius 2 is 1.24 bits per heavy atom. The first-order valence-corrected chi connectivity index (χ1v) is 13.0. The molecule has 9 heteroatoms. The molecule has 0 saturated heterocycles. The summed E-state index contributed by atoms with van der Waals surface area (Å²) in [4.78, 5) is 0. The monoisotopic (exact) mass is 569 g/mol. The number of fused-ring (bicyclic) bond motifs is 1. The van der Waals surface area contributed by atoms with E-state index in [1.54, 1.807) is 22.9 Å². The van der Waals surface area contributed by atoms with E-state index in [4.69, 9.17) is 5.10 Å². The Labute approximate surface area is 238 Å². The average Bonchev–Trinajstić information content (AvgIpc) is 3.38. The topological polar surface area (TPSA) is 59.3 Å². The minimum absolute atomic E-state index is 0.0853. The number of rotatable bonds is 7. The summed E-state index contributed by atoms with van der Waals surface area (Å²) in [5.41, 5.74) is 4.57. The molecule has 42 heavy (non-hydrogen) atoms. The van der Waals surface area contributed by atoms with E-state index in [0.29, 0.717) is 10.9 Å². The van der Waals surface area contributed by atoms with Crippen LogP contribution in [-0.4, -0.2) is 21.4 Å². The Morgan fingerprint density at radius 1 is 0.690 bits per heavy atom. The molecular weight excluding hydrogens is 546 g/mol. The first-order valence-electron chi connectivity index (χ1n) is 13.0. The third-order valence-corrected chi connectivity index (χ3v) is 7.16. The predicted octanol–water partition coefficient (Wildman–Crippen LogP) is 8.38. The number of aromatic nitrogens is 2. The molecule has 1 aromatic heterocycles. The molecule has 0 radical (unpaired) electrons. The van der Waals surface area contributed by atoms with Crippen molar-refractivity contribution in [1.82, 2.24) is 9.78 Å². The number of alkyl halides is 3. The van der Waals surface area contributed by atoms with Crippen LogP contribution in [0.25, 0.3) is 22.0 Å². The minimum Gasteiger partial charge on any atom is -0.406 e. The third-order valence-electron chi connectivity index (χ3n) is 7.16. The van der Waals surface area contributed by atoms with Crippen LogP contribution >= 0.6 is 0 Å². The normalized spacial score (nSPS) is 11.9. The molecule has 0 aliphatic rings. The van der Waals surface area contributed by atoms with Crippen LogP contribution in [0.5, 0.6) is 5.75 Å². The van der Waals surface area contributed by atoms with Gasteiger partial charge in [0, 0.05) is 10.9 Å². The van der Waals surface area contributed by atoms with Gasteiger partial charge >= 0.3 is 6.36 Å². The van der Waals surface area contributed by atoms with Crippen LogP contribution in [0, 0.1) is 5.82 Å². The van der Waals surface area contributed by atoms with Crippen LogP contribution in [0.15, 0.2) is 127 Å². The highest BCUT2D eigenvalue weighted by molar-refractivity contribution is 5.94. The van der Waals surface area contributed by atoms with E-state index >= 15 is 0 Å². The molecule has 2 N–H and O–H groups in total. The van der Waals surface area contributed by atoms with Crippen molar-refractivity contribution in [3.63, 3.8) is 0 Å². The average molecular weight is 570 g/mol. The number of anilines is 1. The summed E-state index contributed by atoms with van der Waals surface area (Å²) in [5.74, 6) is -1.20. The van der Waals surface area contributed by atoms with Gasteiger partial charge in [-0.15, -0.1) is 13.2 Å². The zero-order chi connectivity index (χ0) is 29.3. The van der Waals surface area contributed by atoms with Crippen molar-refractivity contribution < 1.29 is 27.5 Å². The molecule has 5 nitrogen and oxygen atoms in total. The quantitative estimate of drug-likeness (QED) is 0.115. The summed E-state index contributed by atoms with van der Waals surface area (Å²) in [6, 6.07) is 37.0. The smallest absolute Gasteiger partial charge is 0.406 e. The molecule has 0 aliphatic carbocycles. The van der Waals surface area contributed by atoms with Crippen molar-refractivity contribution >= 4 is 16.7 Å². The zero-order valence-electron chi connectivity index (χ0n) is 21.9. The van der Waals surface area contributed by atoms with Crippen molar-refractivity contribution in [3.8, 4) is 16.9 Å². The van der Waals surface area contributed by atoms with Crippen LogP contribution < -0.4 is 10.2 Å². The fourth-order valence-electron chi connectivity index (χ4n) is 5.45. The molecule has 0 bridgehead atoms. The van der Waals surface area contributed by atoms with Crippen molar-refractivity contribution in [1.29, 1.82) is 0 Å². The number of ether oxygens (including phenoxy) is 1. The highest BCUT2D eigenvalue weighted by atomic mass is 19.4. The maximum atomic E-state index is 14.9. The van der Waals surface area contributed by atoms with Gasteiger partial charge in [0.05, 0.1) is 5.52 Å². The van der Waals surface area contributed by atoms with E-state index in [1.807, 2.05) is 91.0 Å². The number of hydrogen-bond donors (Lipinski definition) is 2. The van der Waals surface area contributed by atoms with Gasteiger partial charge < -0.3 is 4.74 Å². The van der Waals surface area contributed by atoms with Gasteiger partial charge in [0.25, 0.3) is 0 Å². The molecule has 210 valence electrons. The van der Waals surface area contributed by atoms with Gasteiger partial charge in [-0.25, -0.2) is 9.07 Å². The molecule has 6 rings (SSSR count). The largest absolute Gasteiger partial charge is 0.573 e. The Kier molecular flexibility index (Phi) is 6.88. The molecule has 5 aromatic carbocycles. The summed E-state index contributed by atoms with van der Waals surface area (Å²) < 4.78 is 59.3. The standard InChI is InChI=1S/C33H23F4N3O2/c34-29-18-17-26(42-33(35,36)37)21-27(29)22-16-19-30-28(20-22)31(39-41)38-40(30)32(23-10-4-1-5-11-23,24-12-6-2-7-13-24)25-14-8-3-9-15-25/h1-21,41H,(H,38,39). The fraction of sp³-hybridized carbons (Fsp3) is 0.0606. The molecule has 6 aromatic rings. The molecule has 0 unspecified atom stereocenters. The number of hydrogen-bond acceptors (Lipinski definition) is 4. The Balaban J connectivity index is 1.63. The van der Waals surface area contributed by atoms with Crippen molar-refractivity contribution in [3.05, 3.63) is 150 Å². The Morgan fingerprint density at radius 3 is 1.74 bits per heavy atom. The molecule has 0 aliphatic heterocycles. The Bertz CT molecular complexity index is 1740. The van der Waals surface area contributed by atoms with Gasteiger partial charge in [-0.3, -0.25) is 10.7 Å². The maximum absolute atomic E-state index is 14.9. The molecule has 1 heterocycles. The van der Waals surface area contributed by atoms with Crippen LogP contribution in [0.4, 0.5) is 23.4 Å². The second kappa shape index (κ2) is 10.7. The van der Waals surface area contributed by atoms with Gasteiger partial charge in [0.15, 0.2) is 5.82 Å². The Hall–Kier alpha value is -5.15. The third kappa shape index (κ3) is 4.73. The van der Waals surface area contributed by atoms with Crippen LogP contribution in [-0.2, 0) is 5.54 Å². The van der Waals surface area contributed by atoms with E-state index in [-0.39, 0.29) is 16.9 Å². The lowest BCUT2D eigenvalue weighted by Crippen LogP contribution is -2.38. The molecule has 0 fully saturated rings. The predicted molar refractivity (Wildman–Crippen MR) is 152 cm³/mol. The second-order valence-electron chi connectivity index (χ2n) is 9.60. The maximum Gasteiger partial charge on any atom is 0.573 e. The fourth-order valence-corrected chi connectivity index (χ4v) is 5.45. The van der Waals surface area contributed by atoms with Crippen molar-refractivity contribution in [2.24, 2.45) is 0 Å². The second-order valence-corrected chi connectivity index (χ2v) is 9.60. The molecule has 0 spiro atoms. The van der Waals surface area contributed by atoms with Crippen LogP contribution in [0.3, 0.4) is 0 Å². The van der Waals surface area contributed by atoms with E-state index < -0.39 is 23.5 Å². The van der Waals surface area contributed by atoms with Crippen LogP contribution in [0.1, 0.15) is 16.7 Å². The molecule has 0 saturated carbocycles. The number of nitrogens with one attached hydrogen (secondary N) is 1. The van der Waals surface area contributed by atoms with Crippen molar-refractivity contribution in [2.75, 3.05) is 5.48 Å². The molecular formula is C33H23F4N3O2. The lowest BCUT2D eigenvalue weighted by Gasteiger charge is -2.37. The van der Waals surface area contributed by atoms with Gasteiger partial charge in [0.2, 0.25) is 0 Å². The lowest BCUT2D eigenvalue weighted by atomic mass is 9.77. The highest BCUT2D eigenvalue weighted by Gasteiger charge is 2.41. The summed E-state index contributed by atoms with van der Waals surface area (Å²) in [6.07, 6.45) is -4.93. The summed E-state index contributed by atoms with van der Waals surface area (Å²) in [5, 5.41) is 15.4. The first-order chi connectivity index (χ1) is 20.3. The summed E-state index contributed by atoms with van der Waals surface area (Å²) >= 11 is 0. The van der Waals surface area contributed by atoms with E-state index in [2.05, 4.69) is 10.2 Å². The number of benzene rings is 5. The molecule has 0 atom stereocenters.